The molecule has 4 radical (unpaired) electrons. The van der Waals surface area contributed by atoms with Crippen LogP contribution in [0, 0.1) is 0 Å². The first-order chi connectivity index (χ1) is 5.64. The van der Waals surface area contributed by atoms with Gasteiger partial charge in [-0.15, -0.1) is 0 Å². The van der Waals surface area contributed by atoms with Gasteiger partial charge in [-0.1, -0.05) is 0 Å². The summed E-state index contributed by atoms with van der Waals surface area (Å²) in [5.74, 6) is 0. The Morgan fingerprint density at radius 3 is 1.83 bits per heavy atom. The van der Waals surface area contributed by atoms with Gasteiger partial charge < -0.3 is 0 Å². The lowest BCUT2D eigenvalue weighted by Crippen LogP contribution is -2.43. The molecule has 1 aliphatic carbocycles. The first-order valence-electron chi connectivity index (χ1n) is 4.99. The first-order valence-corrected chi connectivity index (χ1v) is 7.34. The molecule has 0 amide bonds. The molecule has 0 nitrogen and oxygen atoms in total. The molecule has 0 N–H and O–H groups in total. The van der Waals surface area contributed by atoms with Crippen molar-refractivity contribution in [3.05, 3.63) is 0 Å². The topological polar surface area (TPSA) is 0 Å². The van der Waals surface area contributed by atoms with Crippen LogP contribution in [0.15, 0.2) is 0 Å². The fourth-order valence-corrected chi connectivity index (χ4v) is 6.16. The summed E-state index contributed by atoms with van der Waals surface area (Å²) in [7, 11) is 11.3. The molecule has 0 atom stereocenters. The zero-order chi connectivity index (χ0) is 9.24. The highest BCUT2D eigenvalue weighted by molar-refractivity contribution is 7.79. The Morgan fingerprint density at radius 1 is 1.25 bits per heavy atom. The molecule has 0 aliphatic heterocycles. The van der Waals surface area contributed by atoms with Crippen molar-refractivity contribution in [3.63, 3.8) is 0 Å². The van der Waals surface area contributed by atoms with Crippen molar-refractivity contribution in [3.8, 4) is 0 Å². The van der Waals surface area contributed by atoms with E-state index in [2.05, 4.69) is 13.8 Å². The van der Waals surface area contributed by atoms with Gasteiger partial charge in [0, 0.05) is 18.4 Å². The summed E-state index contributed by atoms with van der Waals surface area (Å²) in [5.41, 5.74) is 0. The molecule has 12 heavy (non-hydrogen) atoms. The van der Waals surface area contributed by atoms with Gasteiger partial charge in [0.2, 0.25) is 0 Å². The van der Waals surface area contributed by atoms with Crippen LogP contribution in [0.3, 0.4) is 0 Å². The summed E-state index contributed by atoms with van der Waals surface area (Å²) >= 11 is 0. The van der Waals surface area contributed by atoms with Crippen LogP contribution in [0.1, 0.15) is 33.1 Å². The van der Waals surface area contributed by atoms with Crippen molar-refractivity contribution in [2.45, 2.75) is 38.2 Å². The third-order valence-corrected chi connectivity index (χ3v) is 9.18. The Balaban J connectivity index is 2.75. The minimum Gasteiger partial charge on any atom is -0.0469 e. The van der Waals surface area contributed by atoms with E-state index in [1.54, 1.807) is 0 Å². The molecule has 0 heterocycles. The highest BCUT2D eigenvalue weighted by Crippen LogP contribution is 2.72. The molecule has 0 saturated heterocycles. The van der Waals surface area contributed by atoms with E-state index in [1.165, 1.54) is 31.6 Å². The molecular weight excluding hydrogens is 161 g/mol. The Morgan fingerprint density at radius 2 is 1.75 bits per heavy atom. The number of rotatable bonds is 4. The maximum Gasteiger partial charge on any atom is 0.131 e. The van der Waals surface area contributed by atoms with Crippen LogP contribution in [0.5, 0.6) is 0 Å². The molecule has 1 saturated carbocycles. The van der Waals surface area contributed by atoms with Crippen molar-refractivity contribution in [1.29, 1.82) is 0 Å². The minimum atomic E-state index is -0.999. The second-order valence-corrected chi connectivity index (χ2v) is 8.73. The normalized spacial score (nSPS) is 21.8. The Kier molecular flexibility index (Phi) is 3.32. The largest absolute Gasteiger partial charge is 0.131 e. The standard InChI is InChI=1S/C9H18B2P/c1-3-12(4-2,8-10)9(11)6-5-7-9/h3-8H2,1-2H3/q+1. The predicted molar refractivity (Wildman–Crippen MR) is 61.0 cm³/mol. The van der Waals surface area contributed by atoms with E-state index in [1.807, 2.05) is 0 Å². The zero-order valence-electron chi connectivity index (χ0n) is 8.34. The second kappa shape index (κ2) is 3.74. The van der Waals surface area contributed by atoms with Crippen molar-refractivity contribution in [2.24, 2.45) is 0 Å². The molecule has 1 aliphatic rings. The van der Waals surface area contributed by atoms with Gasteiger partial charge in [-0.25, -0.2) is 0 Å². The smallest absolute Gasteiger partial charge is 0.0469 e. The van der Waals surface area contributed by atoms with Gasteiger partial charge in [-0.3, -0.25) is 0 Å². The van der Waals surface area contributed by atoms with Crippen LogP contribution in [-0.4, -0.2) is 39.1 Å². The average Bonchev–Trinajstić information content (AvgIpc) is 2.05. The van der Waals surface area contributed by atoms with Crippen LogP contribution in [0.2, 0.25) is 0 Å². The summed E-state index contributed by atoms with van der Waals surface area (Å²) in [6.07, 6.45) is 6.23. The van der Waals surface area contributed by atoms with Crippen LogP contribution >= 0.6 is 7.26 Å². The number of hydrogen-bond acceptors (Lipinski definition) is 0. The predicted octanol–water partition coefficient (Wildman–Crippen LogP) is 2.22. The van der Waals surface area contributed by atoms with E-state index >= 15 is 0 Å². The van der Waals surface area contributed by atoms with Gasteiger partial charge in [0.05, 0.1) is 12.3 Å². The molecule has 0 aromatic heterocycles. The Bertz CT molecular complexity index is 142. The van der Waals surface area contributed by atoms with Gasteiger partial charge >= 0.3 is 0 Å². The van der Waals surface area contributed by atoms with Crippen molar-refractivity contribution >= 4 is 23.0 Å². The van der Waals surface area contributed by atoms with Crippen molar-refractivity contribution in [1.82, 2.24) is 0 Å². The third kappa shape index (κ3) is 1.37. The Labute approximate surface area is 80.0 Å². The zero-order valence-corrected chi connectivity index (χ0v) is 9.24. The lowest BCUT2D eigenvalue weighted by atomic mass is 9.69. The summed E-state index contributed by atoms with van der Waals surface area (Å²) in [6.45, 7) is 4.52. The van der Waals surface area contributed by atoms with Crippen LogP contribution in [-0.2, 0) is 0 Å². The molecule has 0 unspecified atom stereocenters. The van der Waals surface area contributed by atoms with Crippen molar-refractivity contribution in [2.75, 3.05) is 18.4 Å². The summed E-state index contributed by atoms with van der Waals surface area (Å²) < 4.78 is 0. The molecule has 0 aromatic carbocycles. The molecule has 1 fully saturated rings. The maximum absolute atomic E-state index is 6.38. The maximum atomic E-state index is 6.38. The summed E-state index contributed by atoms with van der Waals surface area (Å²) in [5, 5.41) is 0.172. The van der Waals surface area contributed by atoms with E-state index in [-0.39, 0.29) is 5.06 Å². The van der Waals surface area contributed by atoms with E-state index in [0.29, 0.717) is 0 Å². The fourth-order valence-electron chi connectivity index (χ4n) is 2.31. The average molecular weight is 179 g/mol. The molecular formula is C9H18B2P+. The van der Waals surface area contributed by atoms with Crippen molar-refractivity contribution < 1.29 is 0 Å². The summed E-state index contributed by atoms with van der Waals surface area (Å²) in [6, 6.07) is 0.858. The molecule has 3 heteroatoms. The van der Waals surface area contributed by atoms with Gasteiger partial charge in [0.15, 0.2) is 0 Å². The first kappa shape index (κ1) is 10.6. The Hall–Kier alpha value is 0.560. The monoisotopic (exact) mass is 179 g/mol. The molecule has 64 valence electrons. The quantitative estimate of drug-likeness (QED) is 0.458. The van der Waals surface area contributed by atoms with Gasteiger partial charge in [0.1, 0.15) is 15.7 Å². The van der Waals surface area contributed by atoms with Gasteiger partial charge in [0.25, 0.3) is 0 Å². The second-order valence-electron chi connectivity index (χ2n) is 3.92. The highest BCUT2D eigenvalue weighted by Gasteiger charge is 2.53. The molecule has 0 spiro atoms. The summed E-state index contributed by atoms with van der Waals surface area (Å²) in [4.78, 5) is 0. The SMILES string of the molecule is [B]C[P+](CC)(CC)C1([B])CCC1. The lowest BCUT2D eigenvalue weighted by Gasteiger charge is -2.49. The van der Waals surface area contributed by atoms with Crippen LogP contribution in [0.4, 0.5) is 0 Å². The van der Waals surface area contributed by atoms with Crippen LogP contribution in [0.25, 0.3) is 0 Å². The molecule has 1 rings (SSSR count). The fraction of sp³-hybridized carbons (Fsp3) is 1.00. The molecule has 0 bridgehead atoms. The van der Waals surface area contributed by atoms with E-state index in [0.717, 1.165) is 6.06 Å². The minimum absolute atomic E-state index is 0.172. The van der Waals surface area contributed by atoms with Gasteiger partial charge in [-0.05, 0) is 33.1 Å². The lowest BCUT2D eigenvalue weighted by molar-refractivity contribution is 0.460. The van der Waals surface area contributed by atoms with E-state index in [4.69, 9.17) is 15.7 Å². The van der Waals surface area contributed by atoms with E-state index in [9.17, 15) is 0 Å². The molecule has 0 aromatic rings. The highest BCUT2D eigenvalue weighted by atomic mass is 31.2. The third-order valence-electron chi connectivity index (χ3n) is 3.72. The van der Waals surface area contributed by atoms with Crippen LogP contribution < -0.4 is 0 Å². The number of hydrogen-bond donors (Lipinski definition) is 0. The van der Waals surface area contributed by atoms with E-state index < -0.39 is 7.26 Å². The van der Waals surface area contributed by atoms with Gasteiger partial charge in [-0.2, -0.15) is 0 Å².